The molecule has 7 nitrogen and oxygen atoms in total. The number of aliphatic imine (C=N–C) groups is 1. The van der Waals surface area contributed by atoms with Crippen LogP contribution in [0.25, 0.3) is 0 Å². The summed E-state index contributed by atoms with van der Waals surface area (Å²) in [5.74, 6) is 0.557. The smallest absolute Gasteiger partial charge is 0.194 e. The van der Waals surface area contributed by atoms with Gasteiger partial charge < -0.3 is 19.9 Å². The third-order valence-corrected chi connectivity index (χ3v) is 4.62. The van der Waals surface area contributed by atoms with Crippen molar-refractivity contribution >= 4 is 11.6 Å². The van der Waals surface area contributed by atoms with Crippen LogP contribution in [0.15, 0.2) is 35.6 Å². The third kappa shape index (κ3) is 4.57. The first kappa shape index (κ1) is 19.2. The number of benzene rings is 1. The molecule has 1 atom stereocenters. The summed E-state index contributed by atoms with van der Waals surface area (Å²) >= 11 is 0. The van der Waals surface area contributed by atoms with Gasteiger partial charge in [-0.2, -0.15) is 5.10 Å². The standard InChI is InChI=1S/C19H27FN6O/c1-21-19(22-10-14-5-6-17(24(2)3)16(20)9-14)26-7-8-27-18(13-26)15-11-23-25(4)12-15/h5-6,9,11-12,18H,7-8,10,13H2,1-4H3,(H,21,22). The van der Waals surface area contributed by atoms with E-state index >= 15 is 0 Å². The number of halogens is 1. The Morgan fingerprint density at radius 3 is 2.89 bits per heavy atom. The molecule has 146 valence electrons. The number of nitrogens with zero attached hydrogens (tertiary/aromatic N) is 5. The first-order valence-corrected chi connectivity index (χ1v) is 8.99. The first-order chi connectivity index (χ1) is 13.0. The zero-order valence-corrected chi connectivity index (χ0v) is 16.3. The van der Waals surface area contributed by atoms with E-state index in [0.717, 1.165) is 23.6 Å². The normalized spacial score (nSPS) is 17.9. The fourth-order valence-electron chi connectivity index (χ4n) is 3.19. The molecule has 1 N–H and O–H groups in total. The van der Waals surface area contributed by atoms with E-state index in [1.807, 2.05) is 39.6 Å². The molecule has 0 bridgehead atoms. The van der Waals surface area contributed by atoms with Gasteiger partial charge in [0.15, 0.2) is 5.96 Å². The van der Waals surface area contributed by atoms with Crippen LogP contribution in [0.4, 0.5) is 10.1 Å². The molecule has 0 aliphatic carbocycles. The highest BCUT2D eigenvalue weighted by molar-refractivity contribution is 5.80. The topological polar surface area (TPSA) is 57.9 Å². The number of hydrogen-bond acceptors (Lipinski definition) is 4. The predicted octanol–water partition coefficient (Wildman–Crippen LogP) is 1.77. The summed E-state index contributed by atoms with van der Waals surface area (Å²) in [5.41, 5.74) is 2.51. The van der Waals surface area contributed by atoms with E-state index in [4.69, 9.17) is 4.74 Å². The van der Waals surface area contributed by atoms with Gasteiger partial charge in [0.05, 0.1) is 25.0 Å². The lowest BCUT2D eigenvalue weighted by molar-refractivity contribution is -0.00805. The molecule has 0 saturated carbocycles. The zero-order chi connectivity index (χ0) is 19.4. The lowest BCUT2D eigenvalue weighted by Crippen LogP contribution is -2.47. The number of aromatic nitrogens is 2. The largest absolute Gasteiger partial charge is 0.375 e. The molecular formula is C19H27FN6O. The minimum absolute atomic E-state index is 0.0391. The van der Waals surface area contributed by atoms with Crippen molar-refractivity contribution in [3.8, 4) is 0 Å². The Morgan fingerprint density at radius 1 is 1.44 bits per heavy atom. The van der Waals surface area contributed by atoms with E-state index < -0.39 is 0 Å². The summed E-state index contributed by atoms with van der Waals surface area (Å²) in [7, 11) is 7.31. The zero-order valence-electron chi connectivity index (χ0n) is 16.3. The van der Waals surface area contributed by atoms with Gasteiger partial charge in [0, 0.05) is 53.0 Å². The minimum Gasteiger partial charge on any atom is -0.375 e. The molecule has 1 unspecified atom stereocenters. The van der Waals surface area contributed by atoms with Gasteiger partial charge in [0.25, 0.3) is 0 Å². The molecule has 0 spiro atoms. The number of aryl methyl sites for hydroxylation is 1. The summed E-state index contributed by atoms with van der Waals surface area (Å²) in [6, 6.07) is 5.28. The maximum absolute atomic E-state index is 14.2. The van der Waals surface area contributed by atoms with Crippen LogP contribution in [0, 0.1) is 5.82 Å². The number of guanidine groups is 1. The summed E-state index contributed by atoms with van der Waals surface area (Å²) in [6.07, 6.45) is 3.77. The highest BCUT2D eigenvalue weighted by Crippen LogP contribution is 2.22. The number of morpholine rings is 1. The average Bonchev–Trinajstić information content (AvgIpc) is 3.09. The van der Waals surface area contributed by atoms with Gasteiger partial charge in [-0.3, -0.25) is 9.67 Å². The van der Waals surface area contributed by atoms with E-state index in [2.05, 4.69) is 20.3 Å². The lowest BCUT2D eigenvalue weighted by Gasteiger charge is -2.34. The number of anilines is 1. The van der Waals surface area contributed by atoms with E-state index in [1.165, 1.54) is 0 Å². The van der Waals surface area contributed by atoms with Gasteiger partial charge >= 0.3 is 0 Å². The molecule has 2 heterocycles. The molecule has 3 rings (SSSR count). The third-order valence-electron chi connectivity index (χ3n) is 4.62. The summed E-state index contributed by atoms with van der Waals surface area (Å²) in [5, 5.41) is 7.55. The van der Waals surface area contributed by atoms with Gasteiger partial charge in [-0.15, -0.1) is 0 Å². The Hall–Kier alpha value is -2.61. The van der Waals surface area contributed by atoms with Crippen molar-refractivity contribution in [2.24, 2.45) is 12.0 Å². The van der Waals surface area contributed by atoms with Crippen LogP contribution in [0.3, 0.4) is 0 Å². The van der Waals surface area contributed by atoms with Crippen LogP contribution in [-0.2, 0) is 18.3 Å². The molecule has 1 fully saturated rings. The van der Waals surface area contributed by atoms with Crippen LogP contribution in [-0.4, -0.2) is 61.5 Å². The molecule has 1 aliphatic heterocycles. The quantitative estimate of drug-likeness (QED) is 0.653. The van der Waals surface area contributed by atoms with Gasteiger partial charge in [0.1, 0.15) is 11.9 Å². The molecular weight excluding hydrogens is 347 g/mol. The molecule has 0 radical (unpaired) electrons. The second kappa shape index (κ2) is 8.39. The Labute approximate surface area is 159 Å². The van der Waals surface area contributed by atoms with Gasteiger partial charge in [-0.1, -0.05) is 6.07 Å². The van der Waals surface area contributed by atoms with Crippen molar-refractivity contribution in [3.63, 3.8) is 0 Å². The van der Waals surface area contributed by atoms with Crippen molar-refractivity contribution in [3.05, 3.63) is 47.5 Å². The van der Waals surface area contributed by atoms with Crippen molar-refractivity contribution in [1.82, 2.24) is 20.0 Å². The highest BCUT2D eigenvalue weighted by Gasteiger charge is 2.25. The number of rotatable bonds is 4. The van der Waals surface area contributed by atoms with E-state index in [9.17, 15) is 4.39 Å². The van der Waals surface area contributed by atoms with Gasteiger partial charge in [-0.25, -0.2) is 4.39 Å². The number of ether oxygens (including phenoxy) is 1. The molecule has 2 aromatic rings. The Kier molecular flexibility index (Phi) is 5.95. The van der Waals surface area contributed by atoms with Crippen LogP contribution >= 0.6 is 0 Å². The van der Waals surface area contributed by atoms with Crippen LogP contribution < -0.4 is 10.2 Å². The molecule has 8 heteroatoms. The van der Waals surface area contributed by atoms with Crippen molar-refractivity contribution < 1.29 is 9.13 Å². The highest BCUT2D eigenvalue weighted by atomic mass is 19.1. The fraction of sp³-hybridized carbons (Fsp3) is 0.474. The van der Waals surface area contributed by atoms with E-state index in [1.54, 1.807) is 28.8 Å². The first-order valence-electron chi connectivity index (χ1n) is 8.99. The fourth-order valence-corrected chi connectivity index (χ4v) is 3.19. The maximum atomic E-state index is 14.2. The number of nitrogens with one attached hydrogen (secondary N) is 1. The Morgan fingerprint density at radius 2 is 2.26 bits per heavy atom. The van der Waals surface area contributed by atoms with Gasteiger partial charge in [0.2, 0.25) is 0 Å². The summed E-state index contributed by atoms with van der Waals surface area (Å²) in [4.78, 5) is 8.30. The predicted molar refractivity (Wildman–Crippen MR) is 104 cm³/mol. The van der Waals surface area contributed by atoms with Crippen LogP contribution in [0.2, 0.25) is 0 Å². The Bertz CT molecular complexity index is 803. The Balaban J connectivity index is 1.62. The summed E-state index contributed by atoms with van der Waals surface area (Å²) in [6.45, 7) is 2.57. The second-order valence-corrected chi connectivity index (χ2v) is 6.83. The monoisotopic (exact) mass is 374 g/mol. The van der Waals surface area contributed by atoms with Gasteiger partial charge in [-0.05, 0) is 17.7 Å². The molecule has 1 aromatic heterocycles. The molecule has 1 aliphatic rings. The lowest BCUT2D eigenvalue weighted by atomic mass is 10.1. The maximum Gasteiger partial charge on any atom is 0.194 e. The van der Waals surface area contributed by atoms with E-state index in [-0.39, 0.29) is 11.9 Å². The van der Waals surface area contributed by atoms with Crippen LogP contribution in [0.1, 0.15) is 17.2 Å². The van der Waals surface area contributed by atoms with E-state index in [0.29, 0.717) is 25.4 Å². The van der Waals surface area contributed by atoms with Crippen molar-refractivity contribution in [1.29, 1.82) is 0 Å². The molecule has 27 heavy (non-hydrogen) atoms. The van der Waals surface area contributed by atoms with Crippen molar-refractivity contribution in [2.45, 2.75) is 12.6 Å². The summed E-state index contributed by atoms with van der Waals surface area (Å²) < 4.78 is 21.8. The molecule has 0 amide bonds. The SMILES string of the molecule is CN=C(NCc1ccc(N(C)C)c(F)c1)N1CCOC(c2cnn(C)c2)C1. The van der Waals surface area contributed by atoms with Crippen LogP contribution in [0.5, 0.6) is 0 Å². The second-order valence-electron chi connectivity index (χ2n) is 6.83. The molecule has 1 saturated heterocycles. The van der Waals surface area contributed by atoms with Crippen molar-refractivity contribution in [2.75, 3.05) is 45.7 Å². The number of hydrogen-bond donors (Lipinski definition) is 1. The molecule has 1 aromatic carbocycles. The average molecular weight is 374 g/mol. The minimum atomic E-state index is -0.225.